The first-order chi connectivity index (χ1) is 4.88. The predicted molar refractivity (Wildman–Crippen MR) is 40.3 cm³/mol. The lowest BCUT2D eigenvalue weighted by Gasteiger charge is -2.20. The molecule has 1 aliphatic rings. The van der Waals surface area contributed by atoms with E-state index in [1.165, 1.54) is 0 Å². The summed E-state index contributed by atoms with van der Waals surface area (Å²) in [5.41, 5.74) is 0.963. The molecule has 56 valence electrons. The Balaban J connectivity index is 2.61. The van der Waals surface area contributed by atoms with Gasteiger partial charge in [0.15, 0.2) is 0 Å². The molecule has 1 heterocycles. The average molecular weight is 140 g/mol. The number of dihydropyridines is 1. The van der Waals surface area contributed by atoms with Gasteiger partial charge < -0.3 is 10.4 Å². The second kappa shape index (κ2) is 3.39. The van der Waals surface area contributed by atoms with E-state index in [1.54, 1.807) is 0 Å². The van der Waals surface area contributed by atoms with Crippen LogP contribution in [0.15, 0.2) is 23.9 Å². The van der Waals surface area contributed by atoms with Crippen molar-refractivity contribution in [1.29, 1.82) is 0 Å². The molecule has 0 radical (unpaired) electrons. The molecule has 1 unspecified atom stereocenters. The molecule has 3 nitrogen and oxygen atoms in total. The van der Waals surface area contributed by atoms with Crippen LogP contribution in [0.1, 0.15) is 0 Å². The molecule has 3 heteroatoms. The maximum absolute atomic E-state index is 8.81. The fraction of sp³-hybridized carbons (Fsp3) is 0.429. The molecule has 1 rings (SSSR count). The Morgan fingerprint density at radius 3 is 3.10 bits per heavy atom. The number of hydrogen-bond donors (Lipinski definition) is 3. The Labute approximate surface area is 60.4 Å². The lowest BCUT2D eigenvalue weighted by molar-refractivity contribution is 0.313. The SMILES string of the molecule is CNC1NC=CC=C1CO. The first-order valence-electron chi connectivity index (χ1n) is 3.28. The van der Waals surface area contributed by atoms with Gasteiger partial charge in [0.05, 0.1) is 6.61 Å². The summed E-state index contributed by atoms with van der Waals surface area (Å²) >= 11 is 0. The van der Waals surface area contributed by atoms with Crippen LogP contribution in [0.2, 0.25) is 0 Å². The smallest absolute Gasteiger partial charge is 0.101 e. The Kier molecular flexibility index (Phi) is 2.48. The van der Waals surface area contributed by atoms with Crippen LogP contribution >= 0.6 is 0 Å². The molecule has 0 aromatic heterocycles. The van der Waals surface area contributed by atoms with Crippen molar-refractivity contribution in [2.75, 3.05) is 13.7 Å². The van der Waals surface area contributed by atoms with Crippen LogP contribution in [-0.2, 0) is 0 Å². The fourth-order valence-corrected chi connectivity index (χ4v) is 0.939. The van der Waals surface area contributed by atoms with Crippen molar-refractivity contribution in [1.82, 2.24) is 10.6 Å². The minimum atomic E-state index is 0.0926. The van der Waals surface area contributed by atoms with Gasteiger partial charge in [-0.3, -0.25) is 5.32 Å². The molecule has 10 heavy (non-hydrogen) atoms. The van der Waals surface area contributed by atoms with E-state index in [2.05, 4.69) is 10.6 Å². The predicted octanol–water partition coefficient (Wildman–Crippen LogP) is -0.433. The van der Waals surface area contributed by atoms with Crippen molar-refractivity contribution in [3.8, 4) is 0 Å². The molecule has 3 N–H and O–H groups in total. The highest BCUT2D eigenvalue weighted by Gasteiger charge is 2.09. The summed E-state index contributed by atoms with van der Waals surface area (Å²) in [6.45, 7) is 0.100. The van der Waals surface area contributed by atoms with Crippen LogP contribution in [-0.4, -0.2) is 24.9 Å². The molecule has 0 fully saturated rings. The van der Waals surface area contributed by atoms with E-state index in [-0.39, 0.29) is 12.8 Å². The lowest BCUT2D eigenvalue weighted by Crippen LogP contribution is -2.41. The molecule has 0 aromatic carbocycles. The van der Waals surface area contributed by atoms with E-state index in [4.69, 9.17) is 5.11 Å². The second-order valence-electron chi connectivity index (χ2n) is 2.15. The van der Waals surface area contributed by atoms with Gasteiger partial charge in [-0.1, -0.05) is 6.08 Å². The summed E-state index contributed by atoms with van der Waals surface area (Å²) in [6.07, 6.45) is 5.72. The molecule has 1 atom stereocenters. The maximum Gasteiger partial charge on any atom is 0.101 e. The first kappa shape index (κ1) is 7.31. The minimum Gasteiger partial charge on any atom is -0.392 e. The van der Waals surface area contributed by atoms with Crippen molar-refractivity contribution in [3.05, 3.63) is 23.9 Å². The van der Waals surface area contributed by atoms with Crippen LogP contribution in [0.5, 0.6) is 0 Å². The highest BCUT2D eigenvalue weighted by atomic mass is 16.3. The summed E-state index contributed by atoms with van der Waals surface area (Å²) in [5.74, 6) is 0. The summed E-state index contributed by atoms with van der Waals surface area (Å²) in [5, 5.41) is 14.9. The van der Waals surface area contributed by atoms with Gasteiger partial charge >= 0.3 is 0 Å². The summed E-state index contributed by atoms with van der Waals surface area (Å²) < 4.78 is 0. The van der Waals surface area contributed by atoms with Crippen molar-refractivity contribution in [2.45, 2.75) is 6.17 Å². The minimum absolute atomic E-state index is 0.0926. The van der Waals surface area contributed by atoms with Crippen molar-refractivity contribution < 1.29 is 5.11 Å². The number of allylic oxidation sites excluding steroid dienone is 2. The molecule has 0 saturated heterocycles. The molecule has 0 spiro atoms. The van der Waals surface area contributed by atoms with Gasteiger partial charge in [-0.05, 0) is 24.9 Å². The van der Waals surface area contributed by atoms with E-state index >= 15 is 0 Å². The Hall–Kier alpha value is -0.800. The summed E-state index contributed by atoms with van der Waals surface area (Å²) in [7, 11) is 1.85. The van der Waals surface area contributed by atoms with Crippen LogP contribution in [0.4, 0.5) is 0 Å². The van der Waals surface area contributed by atoms with Crippen molar-refractivity contribution in [2.24, 2.45) is 0 Å². The number of nitrogens with one attached hydrogen (secondary N) is 2. The van der Waals surface area contributed by atoms with E-state index in [0.29, 0.717) is 0 Å². The zero-order chi connectivity index (χ0) is 7.40. The molecule has 1 aliphatic heterocycles. The van der Waals surface area contributed by atoms with E-state index in [9.17, 15) is 0 Å². The van der Waals surface area contributed by atoms with E-state index in [0.717, 1.165) is 5.57 Å². The number of likely N-dealkylation sites (N-methyl/N-ethyl adjacent to an activating group) is 1. The molecule has 0 bridgehead atoms. The molecule has 0 amide bonds. The van der Waals surface area contributed by atoms with Crippen LogP contribution in [0, 0.1) is 0 Å². The van der Waals surface area contributed by atoms with Crippen molar-refractivity contribution in [3.63, 3.8) is 0 Å². The van der Waals surface area contributed by atoms with Gasteiger partial charge in [0.1, 0.15) is 6.17 Å². The number of hydrogen-bond acceptors (Lipinski definition) is 3. The van der Waals surface area contributed by atoms with Crippen LogP contribution < -0.4 is 10.6 Å². The van der Waals surface area contributed by atoms with Gasteiger partial charge in [0, 0.05) is 0 Å². The maximum atomic E-state index is 8.81. The highest BCUT2D eigenvalue weighted by Crippen LogP contribution is 2.02. The molecular formula is C7H12N2O. The standard InChI is InChI=1S/C7H12N2O/c1-8-7-6(5-10)3-2-4-9-7/h2-4,7-10H,5H2,1H3. The molecule has 0 saturated carbocycles. The van der Waals surface area contributed by atoms with Crippen LogP contribution in [0.25, 0.3) is 0 Å². The quantitative estimate of drug-likeness (QED) is 0.487. The molecule has 0 aliphatic carbocycles. The zero-order valence-electron chi connectivity index (χ0n) is 5.96. The second-order valence-corrected chi connectivity index (χ2v) is 2.15. The molecular weight excluding hydrogens is 128 g/mol. The van der Waals surface area contributed by atoms with Gasteiger partial charge in [-0.25, -0.2) is 0 Å². The third-order valence-electron chi connectivity index (χ3n) is 1.51. The van der Waals surface area contributed by atoms with Gasteiger partial charge in [0.25, 0.3) is 0 Å². The normalized spacial score (nSPS) is 23.8. The Bertz CT molecular complexity index is 163. The topological polar surface area (TPSA) is 44.3 Å². The molecule has 0 aromatic rings. The van der Waals surface area contributed by atoms with Crippen LogP contribution in [0.3, 0.4) is 0 Å². The number of aliphatic hydroxyl groups excluding tert-OH is 1. The first-order valence-corrected chi connectivity index (χ1v) is 3.28. The van der Waals surface area contributed by atoms with Gasteiger partial charge in [-0.2, -0.15) is 0 Å². The summed E-state index contributed by atoms with van der Waals surface area (Å²) in [4.78, 5) is 0. The third-order valence-corrected chi connectivity index (χ3v) is 1.51. The number of aliphatic hydroxyl groups is 1. The fourth-order valence-electron chi connectivity index (χ4n) is 0.939. The summed E-state index contributed by atoms with van der Waals surface area (Å²) in [6, 6.07) is 0. The van der Waals surface area contributed by atoms with E-state index < -0.39 is 0 Å². The Morgan fingerprint density at radius 1 is 1.80 bits per heavy atom. The van der Waals surface area contributed by atoms with Crippen molar-refractivity contribution >= 4 is 0 Å². The van der Waals surface area contributed by atoms with E-state index in [1.807, 2.05) is 25.4 Å². The number of rotatable bonds is 2. The highest BCUT2D eigenvalue weighted by molar-refractivity contribution is 5.22. The Morgan fingerprint density at radius 2 is 2.60 bits per heavy atom. The zero-order valence-corrected chi connectivity index (χ0v) is 5.96. The third kappa shape index (κ3) is 1.37. The largest absolute Gasteiger partial charge is 0.392 e. The average Bonchev–Trinajstić information content (AvgIpc) is 2.04. The monoisotopic (exact) mass is 140 g/mol. The van der Waals surface area contributed by atoms with Gasteiger partial charge in [-0.15, -0.1) is 0 Å². The lowest BCUT2D eigenvalue weighted by atomic mass is 10.1. The van der Waals surface area contributed by atoms with Gasteiger partial charge in [0.2, 0.25) is 0 Å².